The van der Waals surface area contributed by atoms with E-state index in [1.54, 1.807) is 6.92 Å². The lowest BCUT2D eigenvalue weighted by atomic mass is 9.99. The molecule has 1 N–H and O–H groups in total. The van der Waals surface area contributed by atoms with Crippen molar-refractivity contribution in [1.82, 2.24) is 9.88 Å². The quantitative estimate of drug-likeness (QED) is 0.284. The predicted molar refractivity (Wildman–Crippen MR) is 138 cm³/mol. The van der Waals surface area contributed by atoms with Crippen molar-refractivity contribution in [3.63, 3.8) is 0 Å². The first-order chi connectivity index (χ1) is 15.3. The van der Waals surface area contributed by atoms with Gasteiger partial charge in [0, 0.05) is 16.9 Å². The average molecular weight is 433 g/mol. The number of aryl methyl sites for hydroxylation is 1. The van der Waals surface area contributed by atoms with Gasteiger partial charge in [0.15, 0.2) is 5.78 Å². The van der Waals surface area contributed by atoms with E-state index in [1.165, 1.54) is 25.9 Å². The summed E-state index contributed by atoms with van der Waals surface area (Å²) in [7, 11) is 0. The highest BCUT2D eigenvalue weighted by Crippen LogP contribution is 2.31. The molecule has 3 rings (SSSR count). The molecule has 0 radical (unpaired) electrons. The van der Waals surface area contributed by atoms with Gasteiger partial charge in [-0.05, 0) is 75.4 Å². The SMILES string of the molecule is CC(=O)c1cc(C)n(-c2ccccc2)c1-c1ccccc1.CCCNC[C@H](C)CC(C)C. The molecule has 1 aromatic heterocycles. The average Bonchev–Trinajstić information content (AvgIpc) is 3.12. The maximum absolute atomic E-state index is 12.0. The Balaban J connectivity index is 0.000000282. The lowest BCUT2D eigenvalue weighted by molar-refractivity contribution is 0.101. The van der Waals surface area contributed by atoms with Crippen molar-refractivity contribution in [1.29, 1.82) is 0 Å². The number of carbonyl (C=O) groups excluding carboxylic acids is 1. The molecular formula is C29H40N2O. The summed E-state index contributed by atoms with van der Waals surface area (Å²) in [5, 5.41) is 3.44. The van der Waals surface area contributed by atoms with Gasteiger partial charge in [0.2, 0.25) is 0 Å². The highest BCUT2D eigenvalue weighted by Gasteiger charge is 2.18. The number of benzene rings is 2. The fourth-order valence-electron chi connectivity index (χ4n) is 4.11. The van der Waals surface area contributed by atoms with Crippen LogP contribution in [0.15, 0.2) is 66.7 Å². The molecule has 2 aromatic carbocycles. The van der Waals surface area contributed by atoms with Gasteiger partial charge >= 0.3 is 0 Å². The van der Waals surface area contributed by atoms with Crippen LogP contribution in [-0.4, -0.2) is 23.4 Å². The molecule has 172 valence electrons. The van der Waals surface area contributed by atoms with Crippen LogP contribution in [0.1, 0.15) is 63.5 Å². The molecule has 3 heteroatoms. The number of rotatable bonds is 9. The van der Waals surface area contributed by atoms with Gasteiger partial charge in [-0.1, -0.05) is 76.2 Å². The topological polar surface area (TPSA) is 34.0 Å². The number of nitrogens with one attached hydrogen (secondary N) is 1. The Morgan fingerprint density at radius 3 is 2.09 bits per heavy atom. The van der Waals surface area contributed by atoms with Crippen LogP contribution in [0.25, 0.3) is 16.9 Å². The first-order valence-corrected chi connectivity index (χ1v) is 11.9. The molecule has 0 saturated carbocycles. The minimum absolute atomic E-state index is 0.0895. The van der Waals surface area contributed by atoms with Gasteiger partial charge in [-0.2, -0.15) is 0 Å². The number of Topliss-reactive ketones (excluding diaryl/α,β-unsaturated/α-hetero) is 1. The number of aromatic nitrogens is 1. The van der Waals surface area contributed by atoms with Gasteiger partial charge in [0.05, 0.1) is 5.69 Å². The second-order valence-electron chi connectivity index (χ2n) is 9.08. The predicted octanol–water partition coefficient (Wildman–Crippen LogP) is 7.32. The van der Waals surface area contributed by atoms with Gasteiger partial charge in [-0.25, -0.2) is 0 Å². The third-order valence-electron chi connectivity index (χ3n) is 5.42. The van der Waals surface area contributed by atoms with E-state index in [-0.39, 0.29) is 5.78 Å². The maximum Gasteiger partial charge on any atom is 0.161 e. The van der Waals surface area contributed by atoms with Crippen molar-refractivity contribution in [3.8, 4) is 16.9 Å². The zero-order chi connectivity index (χ0) is 23.5. The Labute approximate surface area is 194 Å². The largest absolute Gasteiger partial charge is 0.316 e. The van der Waals surface area contributed by atoms with Gasteiger partial charge in [0.1, 0.15) is 0 Å². The van der Waals surface area contributed by atoms with Crippen molar-refractivity contribution in [2.24, 2.45) is 11.8 Å². The molecule has 0 aliphatic carbocycles. The maximum atomic E-state index is 12.0. The van der Waals surface area contributed by atoms with E-state index in [1.807, 2.05) is 61.5 Å². The third kappa shape index (κ3) is 7.49. The molecule has 0 aliphatic heterocycles. The molecule has 3 aromatic rings. The van der Waals surface area contributed by atoms with Crippen molar-refractivity contribution in [2.45, 2.75) is 54.4 Å². The molecule has 1 heterocycles. The number of hydrogen-bond acceptors (Lipinski definition) is 2. The first-order valence-electron chi connectivity index (χ1n) is 11.9. The van der Waals surface area contributed by atoms with Crippen LogP contribution in [0.3, 0.4) is 0 Å². The highest BCUT2D eigenvalue weighted by molar-refractivity contribution is 6.01. The molecule has 32 heavy (non-hydrogen) atoms. The number of para-hydroxylation sites is 1. The Kier molecular flexibility index (Phi) is 10.4. The van der Waals surface area contributed by atoms with Crippen molar-refractivity contribution in [2.75, 3.05) is 13.1 Å². The summed E-state index contributed by atoms with van der Waals surface area (Å²) in [6.07, 6.45) is 2.59. The second-order valence-corrected chi connectivity index (χ2v) is 9.08. The zero-order valence-electron chi connectivity index (χ0n) is 20.7. The van der Waals surface area contributed by atoms with Gasteiger partial charge in [-0.15, -0.1) is 0 Å². The second kappa shape index (κ2) is 13.0. The van der Waals surface area contributed by atoms with E-state index in [0.29, 0.717) is 0 Å². The number of nitrogens with zero attached hydrogens (tertiary/aromatic N) is 1. The summed E-state index contributed by atoms with van der Waals surface area (Å²) < 4.78 is 2.14. The lowest BCUT2D eigenvalue weighted by Crippen LogP contribution is -2.22. The molecule has 0 spiro atoms. The smallest absolute Gasteiger partial charge is 0.161 e. The van der Waals surface area contributed by atoms with E-state index in [2.05, 4.69) is 49.7 Å². The van der Waals surface area contributed by atoms with Crippen molar-refractivity contribution in [3.05, 3.63) is 78.0 Å². The Morgan fingerprint density at radius 1 is 0.969 bits per heavy atom. The van der Waals surface area contributed by atoms with E-state index >= 15 is 0 Å². The van der Waals surface area contributed by atoms with Crippen LogP contribution < -0.4 is 5.32 Å². The van der Waals surface area contributed by atoms with Crippen LogP contribution >= 0.6 is 0 Å². The molecule has 0 aliphatic rings. The third-order valence-corrected chi connectivity index (χ3v) is 5.42. The number of hydrogen-bond donors (Lipinski definition) is 1. The summed E-state index contributed by atoms with van der Waals surface area (Å²) in [4.78, 5) is 12.0. The van der Waals surface area contributed by atoms with E-state index in [4.69, 9.17) is 0 Å². The lowest BCUT2D eigenvalue weighted by Gasteiger charge is -2.13. The van der Waals surface area contributed by atoms with E-state index in [0.717, 1.165) is 40.0 Å². The molecule has 3 nitrogen and oxygen atoms in total. The van der Waals surface area contributed by atoms with Gasteiger partial charge < -0.3 is 9.88 Å². The molecule has 1 atom stereocenters. The molecule has 0 unspecified atom stereocenters. The Bertz CT molecular complexity index is 942. The minimum atomic E-state index is 0.0895. The van der Waals surface area contributed by atoms with Crippen LogP contribution in [0.5, 0.6) is 0 Å². The minimum Gasteiger partial charge on any atom is -0.316 e. The summed E-state index contributed by atoms with van der Waals surface area (Å²) in [5.74, 6) is 1.77. The van der Waals surface area contributed by atoms with Gasteiger partial charge in [-0.3, -0.25) is 4.79 Å². The summed E-state index contributed by atoms with van der Waals surface area (Å²) >= 11 is 0. The summed E-state index contributed by atoms with van der Waals surface area (Å²) in [6.45, 7) is 15.1. The molecule has 0 amide bonds. The molecular weight excluding hydrogens is 392 g/mol. The molecule has 0 bridgehead atoms. The van der Waals surface area contributed by atoms with Crippen LogP contribution in [0.4, 0.5) is 0 Å². The summed E-state index contributed by atoms with van der Waals surface area (Å²) in [5.41, 5.74) is 4.92. The Hall–Kier alpha value is -2.65. The van der Waals surface area contributed by atoms with Crippen LogP contribution in [-0.2, 0) is 0 Å². The Morgan fingerprint density at radius 2 is 1.56 bits per heavy atom. The number of ketones is 1. The van der Waals surface area contributed by atoms with Crippen LogP contribution in [0.2, 0.25) is 0 Å². The van der Waals surface area contributed by atoms with Crippen molar-refractivity contribution < 1.29 is 4.79 Å². The van der Waals surface area contributed by atoms with E-state index < -0.39 is 0 Å². The highest BCUT2D eigenvalue weighted by atomic mass is 16.1. The fraction of sp³-hybridized carbons (Fsp3) is 0.414. The fourth-order valence-corrected chi connectivity index (χ4v) is 4.11. The number of carbonyl (C=O) groups is 1. The van der Waals surface area contributed by atoms with E-state index in [9.17, 15) is 4.79 Å². The summed E-state index contributed by atoms with van der Waals surface area (Å²) in [6, 6.07) is 22.2. The van der Waals surface area contributed by atoms with Gasteiger partial charge in [0.25, 0.3) is 0 Å². The first kappa shape index (κ1) is 25.6. The van der Waals surface area contributed by atoms with Crippen molar-refractivity contribution >= 4 is 5.78 Å². The molecule has 0 fully saturated rings. The standard InChI is InChI=1S/C19H17NO.C10H23N/c1-14-13-18(15(2)21)19(16-9-5-3-6-10-16)20(14)17-11-7-4-8-12-17;1-5-6-11-8-10(4)7-9(2)3/h3-13H,1-2H3;9-11H,5-8H2,1-4H3/t;10-/m.1/s1. The normalized spacial score (nSPS) is 11.7. The van der Waals surface area contributed by atoms with Crippen LogP contribution in [0, 0.1) is 18.8 Å². The monoisotopic (exact) mass is 432 g/mol. The molecule has 0 saturated heterocycles. The zero-order valence-corrected chi connectivity index (χ0v) is 20.7.